The smallest absolute Gasteiger partial charge is 0.416 e. The quantitative estimate of drug-likeness (QED) is 0.681. The molecule has 2 aliphatic rings. The van der Waals surface area contributed by atoms with Gasteiger partial charge in [-0.25, -0.2) is 4.79 Å². The summed E-state index contributed by atoms with van der Waals surface area (Å²) in [4.78, 5) is 39.3. The van der Waals surface area contributed by atoms with Crippen LogP contribution < -0.4 is 14.8 Å². The Balaban J connectivity index is 1.63. The number of halogens is 3. The first-order chi connectivity index (χ1) is 15.7. The summed E-state index contributed by atoms with van der Waals surface area (Å²) in [5.74, 6) is -1.44. The van der Waals surface area contributed by atoms with E-state index in [-0.39, 0.29) is 29.8 Å². The maximum atomic E-state index is 13.0. The molecule has 0 aromatic heterocycles. The molecule has 0 unspecified atom stereocenters. The number of anilines is 1. The lowest BCUT2D eigenvalue weighted by molar-refractivity contribution is -0.144. The standard InChI is InChI=1S/C22H19F3N2O6/c1-31-15-8-6-13-17(18(15)32-2)21(30)33-20(13)27-14(7-9-16(27)28)19(29)26-12-5-3-4-11(10-12)22(23,24)25/h3-6,8,10,14,20H,7,9H2,1-2H3,(H,26,29)/t14-,20-/m0/s1. The van der Waals surface area contributed by atoms with E-state index in [1.54, 1.807) is 12.1 Å². The molecule has 33 heavy (non-hydrogen) atoms. The summed E-state index contributed by atoms with van der Waals surface area (Å²) in [6, 6.07) is 6.22. The first-order valence-electron chi connectivity index (χ1n) is 9.91. The number of amides is 2. The number of fused-ring (bicyclic) bond motifs is 1. The van der Waals surface area contributed by atoms with Crippen LogP contribution in [0.1, 0.15) is 40.6 Å². The molecule has 2 aromatic rings. The molecule has 2 aromatic carbocycles. The van der Waals surface area contributed by atoms with E-state index in [2.05, 4.69) is 5.32 Å². The van der Waals surface area contributed by atoms with E-state index >= 15 is 0 Å². The highest BCUT2D eigenvalue weighted by atomic mass is 19.4. The number of ether oxygens (including phenoxy) is 3. The van der Waals surface area contributed by atoms with Crippen molar-refractivity contribution >= 4 is 23.5 Å². The van der Waals surface area contributed by atoms with Crippen LogP contribution in [0.5, 0.6) is 11.5 Å². The van der Waals surface area contributed by atoms with Crippen molar-refractivity contribution in [1.29, 1.82) is 0 Å². The van der Waals surface area contributed by atoms with Crippen molar-refractivity contribution < 1.29 is 41.8 Å². The van der Waals surface area contributed by atoms with Gasteiger partial charge in [0, 0.05) is 17.7 Å². The number of hydrogen-bond donors (Lipinski definition) is 1. The topological polar surface area (TPSA) is 94.2 Å². The Bertz CT molecular complexity index is 1130. The van der Waals surface area contributed by atoms with Gasteiger partial charge in [-0.2, -0.15) is 13.2 Å². The van der Waals surface area contributed by atoms with Crippen LogP contribution in [0.3, 0.4) is 0 Å². The zero-order valence-electron chi connectivity index (χ0n) is 17.6. The fraction of sp³-hybridized carbons (Fsp3) is 0.318. The molecule has 1 N–H and O–H groups in total. The predicted molar refractivity (Wildman–Crippen MR) is 108 cm³/mol. The van der Waals surface area contributed by atoms with E-state index in [0.29, 0.717) is 11.3 Å². The maximum Gasteiger partial charge on any atom is 0.416 e. The Morgan fingerprint density at radius 1 is 1.15 bits per heavy atom. The third-order valence-corrected chi connectivity index (χ3v) is 5.53. The molecule has 11 heteroatoms. The average molecular weight is 464 g/mol. The Hall–Kier alpha value is -3.76. The number of carbonyl (C=O) groups is 3. The summed E-state index contributed by atoms with van der Waals surface area (Å²) in [5.41, 5.74) is -0.577. The number of nitrogens with zero attached hydrogens (tertiary/aromatic N) is 1. The van der Waals surface area contributed by atoms with Crippen molar-refractivity contribution in [2.45, 2.75) is 31.3 Å². The lowest BCUT2D eigenvalue weighted by atomic mass is 10.0. The zero-order chi connectivity index (χ0) is 23.9. The molecular formula is C22H19F3N2O6. The number of benzene rings is 2. The fourth-order valence-corrected chi connectivity index (χ4v) is 4.04. The number of nitrogens with one attached hydrogen (secondary N) is 1. The van der Waals surface area contributed by atoms with Gasteiger partial charge in [-0.05, 0) is 36.8 Å². The minimum Gasteiger partial charge on any atom is -0.493 e. The largest absolute Gasteiger partial charge is 0.493 e. The minimum atomic E-state index is -4.57. The summed E-state index contributed by atoms with van der Waals surface area (Å²) < 4.78 is 54.8. The van der Waals surface area contributed by atoms with Gasteiger partial charge >= 0.3 is 12.1 Å². The van der Waals surface area contributed by atoms with E-state index in [1.807, 2.05) is 0 Å². The van der Waals surface area contributed by atoms with Crippen molar-refractivity contribution in [3.05, 3.63) is 53.1 Å². The van der Waals surface area contributed by atoms with Gasteiger partial charge in [-0.3, -0.25) is 14.5 Å². The molecule has 4 rings (SSSR count). The predicted octanol–water partition coefficient (Wildman–Crippen LogP) is 3.52. The van der Waals surface area contributed by atoms with Crippen LogP contribution in [0.4, 0.5) is 18.9 Å². The van der Waals surface area contributed by atoms with Crippen LogP contribution in [0.2, 0.25) is 0 Å². The highest BCUT2D eigenvalue weighted by Crippen LogP contribution is 2.45. The normalized spacial score (nSPS) is 19.8. The molecule has 1 fully saturated rings. The Kier molecular flexibility index (Phi) is 5.64. The minimum absolute atomic E-state index is 0.0113. The van der Waals surface area contributed by atoms with E-state index in [9.17, 15) is 27.6 Å². The maximum absolute atomic E-state index is 13.0. The molecule has 0 spiro atoms. The van der Waals surface area contributed by atoms with Crippen molar-refractivity contribution in [2.75, 3.05) is 19.5 Å². The van der Waals surface area contributed by atoms with Gasteiger partial charge in [0.15, 0.2) is 11.5 Å². The average Bonchev–Trinajstić information content (AvgIpc) is 3.32. The van der Waals surface area contributed by atoms with Gasteiger partial charge < -0.3 is 19.5 Å². The van der Waals surface area contributed by atoms with E-state index < -0.39 is 41.8 Å². The molecule has 0 saturated carbocycles. The van der Waals surface area contributed by atoms with Crippen LogP contribution in [0.15, 0.2) is 36.4 Å². The van der Waals surface area contributed by atoms with Crippen molar-refractivity contribution in [3.63, 3.8) is 0 Å². The summed E-state index contributed by atoms with van der Waals surface area (Å²) in [7, 11) is 2.76. The fourth-order valence-electron chi connectivity index (χ4n) is 4.04. The second kappa shape index (κ2) is 8.30. The van der Waals surface area contributed by atoms with E-state index in [1.165, 1.54) is 26.4 Å². The lowest BCUT2D eigenvalue weighted by Gasteiger charge is -2.29. The molecule has 0 aliphatic carbocycles. The Labute approximate surface area is 186 Å². The Morgan fingerprint density at radius 2 is 1.91 bits per heavy atom. The first-order valence-corrected chi connectivity index (χ1v) is 9.91. The van der Waals surface area contributed by atoms with Crippen LogP contribution in [0.25, 0.3) is 0 Å². The molecule has 2 aliphatic heterocycles. The number of likely N-dealkylation sites (tertiary alicyclic amines) is 1. The number of hydrogen-bond acceptors (Lipinski definition) is 6. The molecular weight excluding hydrogens is 445 g/mol. The van der Waals surface area contributed by atoms with Gasteiger partial charge in [0.05, 0.1) is 19.8 Å². The van der Waals surface area contributed by atoms with Gasteiger partial charge in [0.1, 0.15) is 11.6 Å². The monoisotopic (exact) mass is 464 g/mol. The number of methoxy groups -OCH3 is 2. The van der Waals surface area contributed by atoms with Crippen LogP contribution >= 0.6 is 0 Å². The van der Waals surface area contributed by atoms with E-state index in [0.717, 1.165) is 17.0 Å². The summed E-state index contributed by atoms with van der Waals surface area (Å²) in [5, 5.41) is 2.43. The number of rotatable bonds is 5. The summed E-state index contributed by atoms with van der Waals surface area (Å²) in [6.45, 7) is 0. The Morgan fingerprint density at radius 3 is 2.58 bits per heavy atom. The van der Waals surface area contributed by atoms with E-state index in [4.69, 9.17) is 14.2 Å². The highest BCUT2D eigenvalue weighted by Gasteiger charge is 2.47. The molecule has 0 radical (unpaired) electrons. The number of alkyl halides is 3. The number of cyclic esters (lactones) is 1. The summed E-state index contributed by atoms with van der Waals surface area (Å²) >= 11 is 0. The summed E-state index contributed by atoms with van der Waals surface area (Å²) in [6.07, 6.45) is -5.63. The van der Waals surface area contributed by atoms with Crippen LogP contribution in [-0.2, 0) is 20.5 Å². The number of esters is 1. The highest BCUT2D eigenvalue weighted by molar-refractivity contribution is 6.01. The van der Waals surface area contributed by atoms with Crippen molar-refractivity contribution in [3.8, 4) is 11.5 Å². The number of carbonyl (C=O) groups excluding carboxylic acids is 3. The van der Waals surface area contributed by atoms with Gasteiger partial charge in [-0.15, -0.1) is 0 Å². The first kappa shape index (κ1) is 22.4. The van der Waals surface area contributed by atoms with Gasteiger partial charge in [-0.1, -0.05) is 6.07 Å². The van der Waals surface area contributed by atoms with Crippen LogP contribution in [-0.4, -0.2) is 42.9 Å². The van der Waals surface area contributed by atoms with Crippen molar-refractivity contribution in [2.24, 2.45) is 0 Å². The molecule has 8 nitrogen and oxygen atoms in total. The molecule has 1 saturated heterocycles. The lowest BCUT2D eigenvalue weighted by Crippen LogP contribution is -2.43. The molecule has 0 bridgehead atoms. The zero-order valence-corrected chi connectivity index (χ0v) is 17.6. The molecule has 2 amide bonds. The van der Waals surface area contributed by atoms with Gasteiger partial charge in [0.2, 0.25) is 18.0 Å². The third-order valence-electron chi connectivity index (χ3n) is 5.53. The third kappa shape index (κ3) is 3.94. The van der Waals surface area contributed by atoms with Crippen molar-refractivity contribution in [1.82, 2.24) is 4.90 Å². The molecule has 2 heterocycles. The van der Waals surface area contributed by atoms with Crippen LogP contribution in [0, 0.1) is 0 Å². The molecule has 2 atom stereocenters. The SMILES string of the molecule is COc1ccc2c(c1OC)C(=O)O[C@@H]2N1C(=O)CC[C@H]1C(=O)Nc1cccc(C(F)(F)F)c1. The second-order valence-electron chi connectivity index (χ2n) is 7.45. The second-order valence-corrected chi connectivity index (χ2v) is 7.45. The van der Waals surface area contributed by atoms with Gasteiger partial charge in [0.25, 0.3) is 0 Å². The molecule has 174 valence electrons.